The third-order valence-corrected chi connectivity index (χ3v) is 2.55. The molecule has 2 aromatic carbocycles. The minimum atomic E-state index is -0.213. The molecule has 2 rings (SSSR count). The second-order valence-electron chi connectivity index (χ2n) is 3.83. The summed E-state index contributed by atoms with van der Waals surface area (Å²) in [6.45, 7) is 0.121. The molecule has 18 heavy (non-hydrogen) atoms. The maximum absolute atomic E-state index is 9.60. The standard InChI is InChI=1S/C13H13NO4/c15-8-5-12(17)9(13(18)6-8)7-14-10-3-1-2-4-11(10)16/h1-6,14-18H,7H2. The summed E-state index contributed by atoms with van der Waals surface area (Å²) in [6, 6.07) is 8.92. The Morgan fingerprint density at radius 1 is 0.833 bits per heavy atom. The molecule has 2 aromatic rings. The molecule has 5 heteroatoms. The van der Waals surface area contributed by atoms with Gasteiger partial charge in [-0.25, -0.2) is 0 Å². The van der Waals surface area contributed by atoms with Crippen LogP contribution in [0.5, 0.6) is 23.0 Å². The van der Waals surface area contributed by atoms with Crippen LogP contribution in [0.4, 0.5) is 5.69 Å². The van der Waals surface area contributed by atoms with Crippen molar-refractivity contribution in [3.8, 4) is 23.0 Å². The number of benzene rings is 2. The summed E-state index contributed by atoms with van der Waals surface area (Å²) in [5.74, 6) is -0.558. The van der Waals surface area contributed by atoms with E-state index in [1.807, 2.05) is 0 Å². The van der Waals surface area contributed by atoms with E-state index in [4.69, 9.17) is 5.11 Å². The maximum atomic E-state index is 9.60. The molecule has 0 unspecified atom stereocenters. The maximum Gasteiger partial charge on any atom is 0.138 e. The highest BCUT2D eigenvalue weighted by molar-refractivity contribution is 5.57. The van der Waals surface area contributed by atoms with Crippen molar-refractivity contribution < 1.29 is 20.4 Å². The van der Waals surface area contributed by atoms with E-state index in [1.54, 1.807) is 18.2 Å². The minimum Gasteiger partial charge on any atom is -0.508 e. The zero-order valence-electron chi connectivity index (χ0n) is 9.46. The number of phenolic OH excluding ortho intramolecular Hbond substituents is 4. The molecule has 0 bridgehead atoms. The Bertz CT molecular complexity index is 546. The van der Waals surface area contributed by atoms with Gasteiger partial charge >= 0.3 is 0 Å². The van der Waals surface area contributed by atoms with Crippen LogP contribution in [0, 0.1) is 0 Å². The molecule has 0 aliphatic rings. The van der Waals surface area contributed by atoms with Gasteiger partial charge in [-0.15, -0.1) is 0 Å². The molecule has 0 saturated carbocycles. The van der Waals surface area contributed by atoms with E-state index in [-0.39, 0.29) is 35.1 Å². The van der Waals surface area contributed by atoms with Crippen molar-refractivity contribution in [1.82, 2.24) is 0 Å². The number of anilines is 1. The van der Waals surface area contributed by atoms with Crippen molar-refractivity contribution in [1.29, 1.82) is 0 Å². The summed E-state index contributed by atoms with van der Waals surface area (Å²) in [7, 11) is 0. The van der Waals surface area contributed by atoms with E-state index in [1.165, 1.54) is 6.07 Å². The second-order valence-corrected chi connectivity index (χ2v) is 3.83. The zero-order valence-corrected chi connectivity index (χ0v) is 9.46. The monoisotopic (exact) mass is 247 g/mol. The lowest BCUT2D eigenvalue weighted by atomic mass is 10.1. The van der Waals surface area contributed by atoms with Gasteiger partial charge in [0.15, 0.2) is 0 Å². The molecule has 0 radical (unpaired) electrons. The summed E-state index contributed by atoms with van der Waals surface area (Å²) < 4.78 is 0. The van der Waals surface area contributed by atoms with Gasteiger partial charge in [0.1, 0.15) is 23.0 Å². The lowest BCUT2D eigenvalue weighted by Gasteiger charge is -2.11. The van der Waals surface area contributed by atoms with Gasteiger partial charge in [0.2, 0.25) is 0 Å². The zero-order chi connectivity index (χ0) is 13.1. The SMILES string of the molecule is Oc1cc(O)c(CNc2ccccc2O)c(O)c1. The molecular formula is C13H13NO4. The van der Waals surface area contributed by atoms with E-state index in [9.17, 15) is 15.3 Å². The van der Waals surface area contributed by atoms with Gasteiger partial charge in [-0.2, -0.15) is 0 Å². The Labute approximate surface area is 104 Å². The van der Waals surface area contributed by atoms with Gasteiger partial charge in [-0.05, 0) is 12.1 Å². The Morgan fingerprint density at radius 2 is 1.44 bits per heavy atom. The average molecular weight is 247 g/mol. The Hall–Kier alpha value is -2.56. The van der Waals surface area contributed by atoms with Crippen molar-refractivity contribution in [3.63, 3.8) is 0 Å². The normalized spacial score (nSPS) is 10.2. The quantitative estimate of drug-likeness (QED) is 0.536. The summed E-state index contributed by atoms with van der Waals surface area (Å²) in [6.07, 6.45) is 0. The molecule has 0 aliphatic carbocycles. The van der Waals surface area contributed by atoms with Gasteiger partial charge in [0, 0.05) is 18.7 Å². The first-order valence-corrected chi connectivity index (χ1v) is 5.33. The van der Waals surface area contributed by atoms with Gasteiger partial charge in [0.25, 0.3) is 0 Å². The van der Waals surface area contributed by atoms with E-state index in [0.717, 1.165) is 12.1 Å². The minimum absolute atomic E-state index is 0.0789. The average Bonchev–Trinajstić information content (AvgIpc) is 2.30. The van der Waals surface area contributed by atoms with Crippen LogP contribution >= 0.6 is 0 Å². The number of rotatable bonds is 3. The molecule has 0 aromatic heterocycles. The highest BCUT2D eigenvalue weighted by Gasteiger charge is 2.10. The van der Waals surface area contributed by atoms with Gasteiger partial charge in [0.05, 0.1) is 11.3 Å². The first-order chi connectivity index (χ1) is 8.58. The largest absolute Gasteiger partial charge is 0.508 e. The van der Waals surface area contributed by atoms with Crippen molar-refractivity contribution >= 4 is 5.69 Å². The lowest BCUT2D eigenvalue weighted by Crippen LogP contribution is -2.00. The molecule has 0 saturated heterocycles. The number of hydrogen-bond donors (Lipinski definition) is 5. The number of nitrogens with one attached hydrogen (secondary N) is 1. The number of phenols is 4. The van der Waals surface area contributed by atoms with Crippen LogP contribution in [0.25, 0.3) is 0 Å². The van der Waals surface area contributed by atoms with E-state index >= 15 is 0 Å². The fourth-order valence-corrected chi connectivity index (χ4v) is 1.62. The van der Waals surface area contributed by atoms with Crippen LogP contribution in [-0.4, -0.2) is 20.4 Å². The third-order valence-electron chi connectivity index (χ3n) is 2.55. The smallest absolute Gasteiger partial charge is 0.138 e. The Kier molecular flexibility index (Phi) is 3.14. The Balaban J connectivity index is 2.19. The van der Waals surface area contributed by atoms with Crippen LogP contribution in [0.3, 0.4) is 0 Å². The number of para-hydroxylation sites is 2. The molecule has 5 N–H and O–H groups in total. The van der Waals surface area contributed by atoms with Crippen molar-refractivity contribution in [2.75, 3.05) is 5.32 Å². The second kappa shape index (κ2) is 4.75. The number of aromatic hydroxyl groups is 4. The van der Waals surface area contributed by atoms with Crippen molar-refractivity contribution in [3.05, 3.63) is 42.0 Å². The van der Waals surface area contributed by atoms with Gasteiger partial charge < -0.3 is 25.7 Å². The lowest BCUT2D eigenvalue weighted by molar-refractivity contribution is 0.420. The Morgan fingerprint density at radius 3 is 2.06 bits per heavy atom. The predicted octanol–water partition coefficient (Wildman–Crippen LogP) is 2.12. The third kappa shape index (κ3) is 2.40. The molecular weight excluding hydrogens is 234 g/mol. The van der Waals surface area contributed by atoms with Crippen molar-refractivity contribution in [2.24, 2.45) is 0 Å². The molecule has 0 amide bonds. The molecule has 94 valence electrons. The van der Waals surface area contributed by atoms with Crippen LogP contribution in [0.15, 0.2) is 36.4 Å². The highest BCUT2D eigenvalue weighted by atomic mass is 16.3. The van der Waals surface area contributed by atoms with Crippen LogP contribution in [-0.2, 0) is 6.54 Å². The van der Waals surface area contributed by atoms with E-state index in [2.05, 4.69) is 5.32 Å². The van der Waals surface area contributed by atoms with Crippen LogP contribution in [0.1, 0.15) is 5.56 Å². The van der Waals surface area contributed by atoms with Crippen molar-refractivity contribution in [2.45, 2.75) is 6.54 Å². The molecule has 0 fully saturated rings. The predicted molar refractivity (Wildman–Crippen MR) is 66.9 cm³/mol. The summed E-state index contributed by atoms with van der Waals surface area (Å²) in [5, 5.41) is 40.8. The first-order valence-electron chi connectivity index (χ1n) is 5.33. The molecule has 0 spiro atoms. The van der Waals surface area contributed by atoms with Gasteiger partial charge in [-0.3, -0.25) is 0 Å². The highest BCUT2D eigenvalue weighted by Crippen LogP contribution is 2.33. The molecule has 0 heterocycles. The number of hydrogen-bond acceptors (Lipinski definition) is 5. The summed E-state index contributed by atoms with van der Waals surface area (Å²) in [5.41, 5.74) is 0.737. The molecule has 0 aliphatic heterocycles. The molecule has 5 nitrogen and oxygen atoms in total. The van der Waals surface area contributed by atoms with Crippen LogP contribution < -0.4 is 5.32 Å². The first kappa shape index (κ1) is 11.9. The van der Waals surface area contributed by atoms with Gasteiger partial charge in [-0.1, -0.05) is 12.1 Å². The fourth-order valence-electron chi connectivity index (χ4n) is 1.62. The van der Waals surface area contributed by atoms with Crippen LogP contribution in [0.2, 0.25) is 0 Å². The molecule has 0 atom stereocenters. The summed E-state index contributed by atoms with van der Waals surface area (Å²) in [4.78, 5) is 0. The summed E-state index contributed by atoms with van der Waals surface area (Å²) >= 11 is 0. The fraction of sp³-hybridized carbons (Fsp3) is 0.0769. The van der Waals surface area contributed by atoms with E-state index < -0.39 is 0 Å². The van der Waals surface area contributed by atoms with E-state index in [0.29, 0.717) is 5.69 Å². The topological polar surface area (TPSA) is 93.0 Å².